The predicted octanol–water partition coefficient (Wildman–Crippen LogP) is -0.689. The first-order chi connectivity index (χ1) is 14.7. The third kappa shape index (κ3) is 39.2. The second kappa shape index (κ2) is 28.1. The summed E-state index contributed by atoms with van der Waals surface area (Å²) >= 11 is 0.230. The van der Waals surface area contributed by atoms with Crippen LogP contribution in [0.5, 0.6) is 0 Å². The summed E-state index contributed by atoms with van der Waals surface area (Å²) in [6, 6.07) is 0. The van der Waals surface area contributed by atoms with Crippen LogP contribution in [0.4, 0.5) is 0 Å². The van der Waals surface area contributed by atoms with Crippen LogP contribution in [-0.2, 0) is 38.1 Å². The van der Waals surface area contributed by atoms with Crippen LogP contribution < -0.4 is 10.2 Å². The molecule has 0 aliphatic carbocycles. The molecule has 0 radical (unpaired) electrons. The fraction of sp³-hybridized carbons (Fsp3) is 0.600. The summed E-state index contributed by atoms with van der Waals surface area (Å²) in [4.78, 5) is 45.9. The third-order valence-corrected chi connectivity index (χ3v) is 2.69. The molecular formula is C20H32O10Sn. The standard InChI is InChI=1S/2C9H14O5.2CH3.Sn/c2*1-13-6-2-3-7-14-9(12)5-4-8(10)11;;;/h2*4-5H,2-3,6-7H2,1H3,(H,10,11);2*1H3;/q;;;;+2/p-2/b2*5-4-;;;. The molecule has 0 N–H and O–H groups in total. The van der Waals surface area contributed by atoms with Crippen molar-refractivity contribution in [3.63, 3.8) is 0 Å². The number of carbonyl (C=O) groups excluding carboxylic acids is 4. The van der Waals surface area contributed by atoms with Gasteiger partial charge in [0.15, 0.2) is 0 Å². The summed E-state index contributed by atoms with van der Waals surface area (Å²) in [5.74, 6) is -4.18. The molecule has 0 aliphatic heterocycles. The Kier molecular flexibility index (Phi) is 30.5. The Morgan fingerprint density at radius 1 is 0.645 bits per heavy atom. The number of hydrogen-bond acceptors (Lipinski definition) is 10. The van der Waals surface area contributed by atoms with Crippen molar-refractivity contribution in [2.24, 2.45) is 0 Å². The summed E-state index contributed by atoms with van der Waals surface area (Å²) in [6.07, 6.45) is 5.91. The van der Waals surface area contributed by atoms with E-state index in [1.165, 1.54) is 0 Å². The number of carbonyl (C=O) groups is 4. The molecule has 11 heteroatoms. The van der Waals surface area contributed by atoms with Gasteiger partial charge in [0.05, 0.1) is 25.2 Å². The van der Waals surface area contributed by atoms with Crippen molar-refractivity contribution >= 4 is 45.0 Å². The molecule has 0 atom stereocenters. The van der Waals surface area contributed by atoms with Crippen molar-refractivity contribution < 1.29 is 48.3 Å². The summed E-state index contributed by atoms with van der Waals surface area (Å²) in [6.45, 7) is 1.76. The van der Waals surface area contributed by atoms with Gasteiger partial charge in [0.2, 0.25) is 0 Å². The minimum absolute atomic E-state index is 0.230. The first-order valence-electron chi connectivity index (χ1n) is 9.43. The molecule has 0 aromatic carbocycles. The fourth-order valence-corrected chi connectivity index (χ4v) is 1.41. The molecule has 0 saturated carbocycles. The average Bonchev–Trinajstić information content (AvgIpc) is 2.71. The van der Waals surface area contributed by atoms with Crippen molar-refractivity contribution in [3.8, 4) is 0 Å². The van der Waals surface area contributed by atoms with E-state index in [0.717, 1.165) is 25.0 Å². The van der Waals surface area contributed by atoms with Crippen molar-refractivity contribution in [3.05, 3.63) is 24.3 Å². The van der Waals surface area contributed by atoms with E-state index in [2.05, 4.69) is 19.4 Å². The van der Waals surface area contributed by atoms with Crippen molar-refractivity contribution in [2.75, 3.05) is 40.6 Å². The zero-order chi connectivity index (χ0) is 24.3. The van der Waals surface area contributed by atoms with Gasteiger partial charge in [-0.1, -0.05) is 0 Å². The minimum atomic E-state index is -1.42. The van der Waals surface area contributed by atoms with Crippen molar-refractivity contribution in [1.29, 1.82) is 0 Å². The van der Waals surface area contributed by atoms with E-state index in [0.29, 0.717) is 38.2 Å². The molecule has 0 aliphatic rings. The van der Waals surface area contributed by atoms with Gasteiger partial charge in [-0.25, -0.2) is 9.59 Å². The van der Waals surface area contributed by atoms with E-state index in [4.69, 9.17) is 9.47 Å². The Balaban J connectivity index is -0.000000448. The monoisotopic (exact) mass is 552 g/mol. The molecule has 10 nitrogen and oxygen atoms in total. The van der Waals surface area contributed by atoms with Gasteiger partial charge in [0, 0.05) is 39.6 Å². The zero-order valence-corrected chi connectivity index (χ0v) is 21.4. The molecule has 0 amide bonds. The molecule has 0 fully saturated rings. The van der Waals surface area contributed by atoms with Gasteiger partial charge in [-0.2, -0.15) is 0 Å². The van der Waals surface area contributed by atoms with E-state index >= 15 is 0 Å². The number of ether oxygens (including phenoxy) is 4. The molecule has 0 aromatic heterocycles. The maximum absolute atomic E-state index is 10.7. The number of methoxy groups -OCH3 is 2. The number of carboxylic acid groups (broad SMARTS) is 2. The number of carboxylic acids is 2. The van der Waals surface area contributed by atoms with Gasteiger partial charge < -0.3 is 38.7 Å². The summed E-state index contributed by atoms with van der Waals surface area (Å²) in [7, 11) is 3.18. The Bertz CT molecular complexity index is 486. The Hall–Kier alpha value is -1.92. The third-order valence-electron chi connectivity index (χ3n) is 2.69. The van der Waals surface area contributed by atoms with E-state index in [9.17, 15) is 29.4 Å². The second-order valence-corrected chi connectivity index (χ2v) is 8.39. The van der Waals surface area contributed by atoms with Gasteiger partial charge in [0.1, 0.15) is 0 Å². The first kappa shape index (κ1) is 33.7. The fourth-order valence-electron chi connectivity index (χ4n) is 1.41. The first-order valence-corrected chi connectivity index (χ1v) is 15.1. The van der Waals surface area contributed by atoms with Crippen molar-refractivity contribution in [1.82, 2.24) is 0 Å². The molecule has 0 rings (SSSR count). The molecule has 176 valence electrons. The number of aliphatic carboxylic acids is 2. The van der Waals surface area contributed by atoms with E-state index in [1.807, 2.05) is 0 Å². The SMILES string of the molecule is COCCCCOC(=O)/C=C\C(=O)[O-].COCCCCOC(=O)/C=C\C(=O)[O-].[CH3][Sn+2][CH3]. The van der Waals surface area contributed by atoms with Gasteiger partial charge >= 0.3 is 43.0 Å². The Morgan fingerprint density at radius 2 is 0.935 bits per heavy atom. The topological polar surface area (TPSA) is 151 Å². The zero-order valence-electron chi connectivity index (χ0n) is 18.5. The molecule has 0 aromatic rings. The quantitative estimate of drug-likeness (QED) is 0.118. The Labute approximate surface area is 193 Å². The normalized spacial score (nSPS) is 9.68. The molecule has 0 spiro atoms. The van der Waals surface area contributed by atoms with Crippen LogP contribution >= 0.6 is 0 Å². The van der Waals surface area contributed by atoms with Crippen LogP contribution in [0, 0.1) is 0 Å². The average molecular weight is 551 g/mol. The summed E-state index contributed by atoms with van der Waals surface area (Å²) < 4.78 is 18.9. The summed E-state index contributed by atoms with van der Waals surface area (Å²) in [5, 5.41) is 19.8. The van der Waals surface area contributed by atoms with Crippen LogP contribution in [0.15, 0.2) is 24.3 Å². The number of rotatable bonds is 14. The maximum atomic E-state index is 10.7. The Morgan fingerprint density at radius 3 is 1.19 bits per heavy atom. The van der Waals surface area contributed by atoms with Gasteiger partial charge in [-0.05, 0) is 37.8 Å². The second-order valence-electron chi connectivity index (χ2n) is 5.54. The molecule has 0 bridgehead atoms. The number of esters is 2. The van der Waals surface area contributed by atoms with Crippen LogP contribution in [0.3, 0.4) is 0 Å². The van der Waals surface area contributed by atoms with E-state index in [1.54, 1.807) is 14.2 Å². The van der Waals surface area contributed by atoms with E-state index in [-0.39, 0.29) is 34.4 Å². The molecule has 0 saturated heterocycles. The number of hydrogen-bond donors (Lipinski definition) is 0. The van der Waals surface area contributed by atoms with Gasteiger partial charge in [-0.15, -0.1) is 0 Å². The molecule has 0 heterocycles. The van der Waals surface area contributed by atoms with Crippen LogP contribution in [0.25, 0.3) is 0 Å². The van der Waals surface area contributed by atoms with Gasteiger partial charge in [-0.3, -0.25) is 0 Å². The molecule has 0 unspecified atom stereocenters. The summed E-state index contributed by atoms with van der Waals surface area (Å²) in [5.41, 5.74) is 0. The molecule has 31 heavy (non-hydrogen) atoms. The van der Waals surface area contributed by atoms with Gasteiger partial charge in [0.25, 0.3) is 0 Å². The number of unbranched alkanes of at least 4 members (excludes halogenated alkanes) is 2. The van der Waals surface area contributed by atoms with Crippen molar-refractivity contribution in [2.45, 2.75) is 35.6 Å². The predicted molar refractivity (Wildman–Crippen MR) is 110 cm³/mol. The van der Waals surface area contributed by atoms with E-state index < -0.39 is 23.9 Å². The van der Waals surface area contributed by atoms with Crippen LogP contribution in [0.2, 0.25) is 9.88 Å². The van der Waals surface area contributed by atoms with Crippen LogP contribution in [-0.4, -0.2) is 85.7 Å². The van der Waals surface area contributed by atoms with Crippen LogP contribution in [0.1, 0.15) is 25.7 Å². The molecular weight excluding hydrogens is 519 g/mol.